The fourth-order valence-electron chi connectivity index (χ4n) is 4.67. The topological polar surface area (TPSA) is 111 Å². The van der Waals surface area contributed by atoms with Crippen molar-refractivity contribution < 1.29 is 42.1 Å². The summed E-state index contributed by atoms with van der Waals surface area (Å²) in [4.78, 5) is 37.1. The van der Waals surface area contributed by atoms with Crippen molar-refractivity contribution in [3.63, 3.8) is 0 Å². The molecular formula is C38H70NO8P. The van der Waals surface area contributed by atoms with E-state index in [0.717, 1.165) is 44.9 Å². The number of esters is 2. The molecule has 0 saturated carbocycles. The molecule has 0 amide bonds. The summed E-state index contributed by atoms with van der Waals surface area (Å²) in [5, 5.41) is 0. The van der Waals surface area contributed by atoms with E-state index in [2.05, 4.69) is 44.2 Å². The van der Waals surface area contributed by atoms with Crippen LogP contribution in [0.3, 0.4) is 0 Å². The number of quaternary nitrogens is 1. The third-order valence-electron chi connectivity index (χ3n) is 7.66. The van der Waals surface area contributed by atoms with E-state index in [1.807, 2.05) is 27.2 Å². The highest BCUT2D eigenvalue weighted by Crippen LogP contribution is 2.38. The molecule has 0 aliphatic rings. The monoisotopic (exact) mass is 699 g/mol. The minimum atomic E-state index is -4.62. The van der Waals surface area contributed by atoms with Crippen LogP contribution < -0.4 is 4.89 Å². The number of allylic oxidation sites excluding steroid dienone is 6. The number of ether oxygens (including phenoxy) is 2. The first-order valence-electron chi connectivity index (χ1n) is 18.7. The fraction of sp³-hybridized carbons (Fsp3) is 0.789. The maximum Gasteiger partial charge on any atom is 0.306 e. The van der Waals surface area contributed by atoms with Gasteiger partial charge in [-0.1, -0.05) is 121 Å². The molecule has 0 rings (SSSR count). The van der Waals surface area contributed by atoms with Crippen molar-refractivity contribution in [3.8, 4) is 0 Å². The first-order valence-corrected chi connectivity index (χ1v) is 20.2. The van der Waals surface area contributed by atoms with Crippen LogP contribution >= 0.6 is 7.82 Å². The van der Waals surface area contributed by atoms with Crippen LogP contribution in [-0.4, -0.2) is 70.0 Å². The van der Waals surface area contributed by atoms with Gasteiger partial charge in [0.25, 0.3) is 7.82 Å². The van der Waals surface area contributed by atoms with Crippen LogP contribution in [0.15, 0.2) is 36.5 Å². The Morgan fingerprint density at radius 3 is 1.73 bits per heavy atom. The Morgan fingerprint density at radius 1 is 0.646 bits per heavy atom. The molecule has 0 saturated heterocycles. The highest BCUT2D eigenvalue weighted by Gasteiger charge is 2.21. The van der Waals surface area contributed by atoms with Crippen LogP contribution in [0.25, 0.3) is 0 Å². The van der Waals surface area contributed by atoms with E-state index in [9.17, 15) is 19.0 Å². The van der Waals surface area contributed by atoms with Crippen LogP contribution in [-0.2, 0) is 32.7 Å². The van der Waals surface area contributed by atoms with Gasteiger partial charge in [0.1, 0.15) is 19.8 Å². The van der Waals surface area contributed by atoms with Gasteiger partial charge in [0, 0.05) is 12.8 Å². The van der Waals surface area contributed by atoms with Crippen LogP contribution in [0.5, 0.6) is 0 Å². The third-order valence-corrected chi connectivity index (χ3v) is 8.63. The molecule has 0 aromatic rings. The number of rotatable bonds is 33. The number of unbranched alkanes of at least 4 members (excludes halogenated alkanes) is 13. The lowest BCUT2D eigenvalue weighted by atomic mass is 10.1. The first kappa shape index (κ1) is 46.2. The van der Waals surface area contributed by atoms with Crippen molar-refractivity contribution in [2.24, 2.45) is 0 Å². The highest BCUT2D eigenvalue weighted by atomic mass is 31.2. The van der Waals surface area contributed by atoms with Gasteiger partial charge in [-0.2, -0.15) is 0 Å². The van der Waals surface area contributed by atoms with E-state index in [-0.39, 0.29) is 26.1 Å². The minimum absolute atomic E-state index is 0.0399. The van der Waals surface area contributed by atoms with E-state index in [4.69, 9.17) is 18.5 Å². The van der Waals surface area contributed by atoms with Crippen molar-refractivity contribution >= 4 is 19.8 Å². The summed E-state index contributed by atoms with van der Waals surface area (Å²) in [6.07, 6.45) is 32.0. The molecule has 48 heavy (non-hydrogen) atoms. The fourth-order valence-corrected chi connectivity index (χ4v) is 5.40. The second-order valence-corrected chi connectivity index (χ2v) is 15.0. The molecule has 1 unspecified atom stereocenters. The molecule has 10 heteroatoms. The Hall–Kier alpha value is -1.77. The second kappa shape index (κ2) is 31.2. The van der Waals surface area contributed by atoms with Crippen molar-refractivity contribution in [2.75, 3.05) is 47.5 Å². The van der Waals surface area contributed by atoms with E-state index >= 15 is 0 Å². The zero-order valence-electron chi connectivity index (χ0n) is 31.2. The number of hydrogen-bond donors (Lipinski definition) is 0. The summed E-state index contributed by atoms with van der Waals surface area (Å²) in [5.41, 5.74) is 0. The molecule has 9 nitrogen and oxygen atoms in total. The summed E-state index contributed by atoms with van der Waals surface area (Å²) in [7, 11) is 1.13. The second-order valence-electron chi connectivity index (χ2n) is 13.6. The Labute approximate surface area is 293 Å². The predicted molar refractivity (Wildman–Crippen MR) is 194 cm³/mol. The normalized spacial score (nSPS) is 14.2. The van der Waals surface area contributed by atoms with Gasteiger partial charge < -0.3 is 27.9 Å². The van der Waals surface area contributed by atoms with E-state index in [1.54, 1.807) is 0 Å². The Balaban J connectivity index is 4.49. The Bertz CT molecular complexity index is 928. The molecule has 0 aromatic heterocycles. The van der Waals surface area contributed by atoms with Gasteiger partial charge in [-0.15, -0.1) is 0 Å². The van der Waals surface area contributed by atoms with Crippen LogP contribution in [0.4, 0.5) is 0 Å². The smallest absolute Gasteiger partial charge is 0.306 e. The van der Waals surface area contributed by atoms with Gasteiger partial charge in [-0.25, -0.2) is 0 Å². The highest BCUT2D eigenvalue weighted by molar-refractivity contribution is 7.45. The Morgan fingerprint density at radius 2 is 1.15 bits per heavy atom. The first-order chi connectivity index (χ1) is 23.0. The number of likely N-dealkylation sites (N-methyl/N-ethyl adjacent to an activating group) is 1. The van der Waals surface area contributed by atoms with Crippen molar-refractivity contribution in [1.82, 2.24) is 0 Å². The van der Waals surface area contributed by atoms with Gasteiger partial charge in [-0.3, -0.25) is 14.2 Å². The molecule has 0 fully saturated rings. The number of nitrogens with zero attached hydrogens (tertiary/aromatic N) is 1. The van der Waals surface area contributed by atoms with Gasteiger partial charge in [0.15, 0.2) is 6.10 Å². The number of phosphoric ester groups is 1. The maximum atomic E-state index is 12.5. The third kappa shape index (κ3) is 34.1. The summed E-state index contributed by atoms with van der Waals surface area (Å²) >= 11 is 0. The quantitative estimate of drug-likeness (QED) is 0.0219. The van der Waals surface area contributed by atoms with Crippen molar-refractivity contribution in [3.05, 3.63) is 36.5 Å². The number of carbonyl (C=O) groups excluding carboxylic acids is 2. The molecule has 0 radical (unpaired) electrons. The largest absolute Gasteiger partial charge is 0.756 e. The molecule has 0 aliphatic heterocycles. The standard InChI is InChI=1S/C38H70NO8P/c1-6-8-10-12-14-15-16-17-18-19-20-21-22-23-25-27-29-31-38(41)47-36(35-46-48(42,43)45-33-32-39(3,4)5)34-44-37(40)30-28-26-24-13-11-9-7-2/h17-18,20-21,23,25,36H,6-16,19,22,24,26-35H2,1-5H3/b18-17+,21-20+,25-23+/t36-/m1/s1. The zero-order valence-corrected chi connectivity index (χ0v) is 32.1. The molecule has 0 spiro atoms. The Kier molecular flexibility index (Phi) is 30.1. The molecule has 2 atom stereocenters. The number of hydrogen-bond acceptors (Lipinski definition) is 8. The molecule has 0 heterocycles. The number of carbonyl (C=O) groups is 2. The van der Waals surface area contributed by atoms with Crippen molar-refractivity contribution in [2.45, 2.75) is 148 Å². The summed E-state index contributed by atoms with van der Waals surface area (Å²) in [6.45, 7) is 4.08. The molecular weight excluding hydrogens is 629 g/mol. The summed E-state index contributed by atoms with van der Waals surface area (Å²) < 4.78 is 33.5. The van der Waals surface area contributed by atoms with Crippen LogP contribution in [0, 0.1) is 0 Å². The molecule has 0 aliphatic carbocycles. The summed E-state index contributed by atoms with van der Waals surface area (Å²) in [6, 6.07) is 0. The predicted octanol–water partition coefficient (Wildman–Crippen LogP) is 9.16. The van der Waals surface area contributed by atoms with E-state index in [1.165, 1.54) is 57.8 Å². The lowest BCUT2D eigenvalue weighted by molar-refractivity contribution is -0.870. The number of phosphoric acid groups is 1. The molecule has 0 aromatic carbocycles. The lowest BCUT2D eigenvalue weighted by Crippen LogP contribution is -2.37. The maximum absolute atomic E-state index is 12.5. The average Bonchev–Trinajstić information content (AvgIpc) is 3.02. The average molecular weight is 700 g/mol. The minimum Gasteiger partial charge on any atom is -0.756 e. The van der Waals surface area contributed by atoms with E-state index in [0.29, 0.717) is 23.9 Å². The molecule has 0 bridgehead atoms. The van der Waals surface area contributed by atoms with Gasteiger partial charge in [-0.05, 0) is 44.9 Å². The van der Waals surface area contributed by atoms with Crippen molar-refractivity contribution in [1.29, 1.82) is 0 Å². The van der Waals surface area contributed by atoms with E-state index < -0.39 is 32.5 Å². The van der Waals surface area contributed by atoms with Gasteiger partial charge in [0.2, 0.25) is 0 Å². The van der Waals surface area contributed by atoms with Gasteiger partial charge in [0.05, 0.1) is 27.7 Å². The SMILES string of the molecule is CCCCCCCC/C=C/C/C=C/C/C=C/CCCC(=O)O[C@H](COC(=O)CCCCCCCCC)COP(=O)([O-])OCC[N+](C)(C)C. The zero-order chi connectivity index (χ0) is 35.8. The lowest BCUT2D eigenvalue weighted by Gasteiger charge is -2.28. The van der Waals surface area contributed by atoms with Crippen LogP contribution in [0.2, 0.25) is 0 Å². The van der Waals surface area contributed by atoms with Gasteiger partial charge >= 0.3 is 11.9 Å². The van der Waals surface area contributed by atoms with Crippen LogP contribution in [0.1, 0.15) is 142 Å². The summed E-state index contributed by atoms with van der Waals surface area (Å²) in [5.74, 6) is -0.906. The molecule has 0 N–H and O–H groups in total. The molecule has 280 valence electrons.